The van der Waals surface area contributed by atoms with E-state index in [9.17, 15) is 13.5 Å². The number of sulfonamides is 1. The van der Waals surface area contributed by atoms with E-state index >= 15 is 0 Å². The molecular weight excluding hydrogens is 432 g/mol. The van der Waals surface area contributed by atoms with Crippen molar-refractivity contribution in [2.24, 2.45) is 0 Å². The van der Waals surface area contributed by atoms with Gasteiger partial charge in [-0.3, -0.25) is 0 Å². The van der Waals surface area contributed by atoms with E-state index < -0.39 is 22.2 Å². The number of rotatable bonds is 8. The average molecular weight is 467 g/mol. The van der Waals surface area contributed by atoms with E-state index in [4.69, 9.17) is 0 Å². The van der Waals surface area contributed by atoms with E-state index in [0.717, 1.165) is 18.4 Å². The predicted molar refractivity (Wildman–Crippen MR) is 134 cm³/mol. The smallest absolute Gasteiger partial charge is 0.243 e. The number of nitrogens with zero attached hydrogens (tertiary/aromatic N) is 1. The zero-order valence-corrected chi connectivity index (χ0v) is 20.5. The van der Waals surface area contributed by atoms with Crippen LogP contribution in [0.1, 0.15) is 37.8 Å². The molecule has 2 atom stereocenters. The summed E-state index contributed by atoms with van der Waals surface area (Å²) < 4.78 is 27.9. The Bertz CT molecular complexity index is 1210. The molecule has 3 aromatic rings. The lowest BCUT2D eigenvalue weighted by molar-refractivity contribution is 0.0972. The number of hydrogen-bond donors (Lipinski definition) is 2. The molecule has 33 heavy (non-hydrogen) atoms. The van der Waals surface area contributed by atoms with Gasteiger partial charge in [-0.1, -0.05) is 60.2 Å². The monoisotopic (exact) mass is 466 g/mol. The van der Waals surface area contributed by atoms with E-state index in [-0.39, 0.29) is 10.4 Å². The zero-order chi connectivity index (χ0) is 23.6. The minimum Gasteiger partial charge on any atom is -0.390 e. The van der Waals surface area contributed by atoms with Gasteiger partial charge >= 0.3 is 0 Å². The second-order valence-corrected chi connectivity index (χ2v) is 11.7. The molecule has 0 spiro atoms. The minimum absolute atomic E-state index is 0.247. The molecule has 0 bridgehead atoms. The van der Waals surface area contributed by atoms with Crippen molar-refractivity contribution < 1.29 is 13.5 Å². The maximum atomic E-state index is 13.2. The quantitative estimate of drug-likeness (QED) is 0.520. The summed E-state index contributed by atoms with van der Waals surface area (Å²) in [6, 6.07) is 21.3. The van der Waals surface area contributed by atoms with Crippen molar-refractivity contribution in [3.63, 3.8) is 0 Å². The molecule has 0 radical (unpaired) electrons. The second-order valence-electron chi connectivity index (χ2n) is 9.83. The van der Waals surface area contributed by atoms with Crippen molar-refractivity contribution in [2.45, 2.75) is 62.6 Å². The maximum Gasteiger partial charge on any atom is 0.243 e. The molecule has 1 heterocycles. The van der Waals surface area contributed by atoms with Crippen molar-refractivity contribution >= 4 is 20.8 Å². The summed E-state index contributed by atoms with van der Waals surface area (Å²) in [5.41, 5.74) is 2.00. The van der Waals surface area contributed by atoms with Gasteiger partial charge in [0.05, 0.1) is 17.0 Å². The molecule has 0 amide bonds. The van der Waals surface area contributed by atoms with Crippen molar-refractivity contribution in [2.75, 3.05) is 13.1 Å². The Morgan fingerprint density at radius 1 is 1.06 bits per heavy atom. The third-order valence-electron chi connectivity index (χ3n) is 6.57. The third-order valence-corrected chi connectivity index (χ3v) is 8.51. The molecule has 5 nitrogen and oxygen atoms in total. The van der Waals surface area contributed by atoms with Crippen LogP contribution in [0.2, 0.25) is 0 Å². The Hall–Kier alpha value is -2.25. The van der Waals surface area contributed by atoms with Crippen molar-refractivity contribution in [1.82, 2.24) is 9.62 Å². The number of β-amino-alcohol motifs (C(OH)–C–C–N with tert-alkyl or cyclic N) is 1. The van der Waals surface area contributed by atoms with Gasteiger partial charge < -0.3 is 10.4 Å². The van der Waals surface area contributed by atoms with Gasteiger partial charge in [0.15, 0.2) is 0 Å². The van der Waals surface area contributed by atoms with Crippen LogP contribution in [0.4, 0.5) is 0 Å². The van der Waals surface area contributed by atoms with Crippen LogP contribution >= 0.6 is 0 Å². The highest BCUT2D eigenvalue weighted by atomic mass is 32.2. The normalized spacial score (nSPS) is 18.6. The fourth-order valence-electron chi connectivity index (χ4n) is 4.73. The lowest BCUT2D eigenvalue weighted by Crippen LogP contribution is -2.51. The number of aliphatic hydroxyl groups is 1. The molecule has 1 aliphatic rings. The summed E-state index contributed by atoms with van der Waals surface area (Å²) in [7, 11) is -3.63. The van der Waals surface area contributed by atoms with Gasteiger partial charge in [0.2, 0.25) is 10.0 Å². The van der Waals surface area contributed by atoms with E-state index in [1.807, 2.05) is 31.2 Å². The first-order chi connectivity index (χ1) is 15.7. The predicted octanol–water partition coefficient (Wildman–Crippen LogP) is 4.27. The molecule has 2 unspecified atom stereocenters. The standard InChI is InChI=1S/C27H34N2O3S/c1-20-10-14-24(15-11-20)33(31,32)29-16-6-9-25(29)26(30)19-28-27(2,3)18-21-12-13-22-7-4-5-8-23(22)17-21/h4-5,7-8,10-15,17,25-26,28,30H,6,9,16,18-19H2,1-3H3. The number of benzene rings is 3. The highest BCUT2D eigenvalue weighted by Crippen LogP contribution is 2.28. The van der Waals surface area contributed by atoms with Gasteiger partial charge in [-0.25, -0.2) is 8.42 Å². The van der Waals surface area contributed by atoms with Crippen LogP contribution in [0.3, 0.4) is 0 Å². The van der Waals surface area contributed by atoms with Crippen molar-refractivity contribution in [3.8, 4) is 0 Å². The van der Waals surface area contributed by atoms with Crippen LogP contribution in [0.15, 0.2) is 71.6 Å². The Kier molecular flexibility index (Phi) is 6.91. The van der Waals surface area contributed by atoms with Crippen LogP contribution in [0.25, 0.3) is 10.8 Å². The molecule has 0 aromatic heterocycles. The highest BCUT2D eigenvalue weighted by Gasteiger charge is 2.39. The minimum atomic E-state index is -3.63. The first-order valence-corrected chi connectivity index (χ1v) is 13.1. The molecule has 176 valence electrons. The van der Waals surface area contributed by atoms with Crippen LogP contribution in [0.5, 0.6) is 0 Å². The van der Waals surface area contributed by atoms with Crippen LogP contribution < -0.4 is 5.32 Å². The fourth-order valence-corrected chi connectivity index (χ4v) is 6.46. The summed E-state index contributed by atoms with van der Waals surface area (Å²) in [5, 5.41) is 16.9. The van der Waals surface area contributed by atoms with E-state index in [1.54, 1.807) is 12.1 Å². The first-order valence-electron chi connectivity index (χ1n) is 11.6. The second kappa shape index (κ2) is 9.55. The summed E-state index contributed by atoms with van der Waals surface area (Å²) in [5.74, 6) is 0. The van der Waals surface area contributed by atoms with Gasteiger partial charge in [0, 0.05) is 18.6 Å². The van der Waals surface area contributed by atoms with E-state index in [0.29, 0.717) is 19.5 Å². The van der Waals surface area contributed by atoms with E-state index in [1.165, 1.54) is 20.6 Å². The van der Waals surface area contributed by atoms with Crippen LogP contribution in [-0.2, 0) is 16.4 Å². The maximum absolute atomic E-state index is 13.2. The van der Waals surface area contributed by atoms with Crippen LogP contribution in [0, 0.1) is 6.92 Å². The van der Waals surface area contributed by atoms with E-state index in [2.05, 4.69) is 49.5 Å². The van der Waals surface area contributed by atoms with Gasteiger partial charge in [-0.15, -0.1) is 0 Å². The molecule has 1 aliphatic heterocycles. The molecular formula is C27H34N2O3S. The molecule has 0 saturated carbocycles. The average Bonchev–Trinajstić information content (AvgIpc) is 3.29. The van der Waals surface area contributed by atoms with Gasteiger partial charge in [0.25, 0.3) is 0 Å². The Morgan fingerprint density at radius 2 is 1.76 bits per heavy atom. The topological polar surface area (TPSA) is 69.6 Å². The molecule has 3 aromatic carbocycles. The van der Waals surface area contributed by atoms with Gasteiger partial charge in [0.1, 0.15) is 0 Å². The summed E-state index contributed by atoms with van der Waals surface area (Å²) >= 11 is 0. The lowest BCUT2D eigenvalue weighted by atomic mass is 9.93. The lowest BCUT2D eigenvalue weighted by Gasteiger charge is -2.32. The number of aliphatic hydroxyl groups excluding tert-OH is 1. The number of fused-ring (bicyclic) bond motifs is 1. The third kappa shape index (κ3) is 5.46. The molecule has 1 fully saturated rings. The number of nitrogens with one attached hydrogen (secondary N) is 1. The molecule has 0 aliphatic carbocycles. The highest BCUT2D eigenvalue weighted by molar-refractivity contribution is 7.89. The van der Waals surface area contributed by atoms with Gasteiger partial charge in [-0.05, 0) is 68.5 Å². The SMILES string of the molecule is Cc1ccc(S(=O)(=O)N2CCCC2C(O)CNC(C)(C)Cc2ccc3ccccc3c2)cc1. The summed E-state index contributed by atoms with van der Waals surface area (Å²) in [4.78, 5) is 0.289. The first kappa shape index (κ1) is 23.9. The Balaban J connectivity index is 1.41. The Labute approximate surface area is 197 Å². The molecule has 4 rings (SSSR count). The van der Waals surface area contributed by atoms with Gasteiger partial charge in [-0.2, -0.15) is 4.31 Å². The van der Waals surface area contributed by atoms with Crippen molar-refractivity contribution in [3.05, 3.63) is 77.9 Å². The largest absolute Gasteiger partial charge is 0.390 e. The fraction of sp³-hybridized carbons (Fsp3) is 0.407. The molecule has 6 heteroatoms. The summed E-state index contributed by atoms with van der Waals surface area (Å²) in [6.07, 6.45) is 1.45. The molecule has 1 saturated heterocycles. The van der Waals surface area contributed by atoms with Crippen molar-refractivity contribution in [1.29, 1.82) is 0 Å². The Morgan fingerprint density at radius 3 is 2.48 bits per heavy atom. The summed E-state index contributed by atoms with van der Waals surface area (Å²) in [6.45, 7) is 6.95. The number of hydrogen-bond acceptors (Lipinski definition) is 4. The molecule has 2 N–H and O–H groups in total. The van der Waals surface area contributed by atoms with Crippen LogP contribution in [-0.4, -0.2) is 48.6 Å². The number of aryl methyl sites for hydroxylation is 1. The zero-order valence-electron chi connectivity index (χ0n) is 19.7.